The van der Waals surface area contributed by atoms with Gasteiger partial charge in [0.25, 0.3) is 0 Å². The third-order valence-electron chi connectivity index (χ3n) is 5.73. The van der Waals surface area contributed by atoms with E-state index in [1.54, 1.807) is 31.2 Å². The zero-order valence-corrected chi connectivity index (χ0v) is 23.8. The number of nitrogens with one attached hydrogen (secondary N) is 1. The van der Waals surface area contributed by atoms with Crippen LogP contribution < -0.4 is 9.62 Å². The molecule has 1 unspecified atom stereocenters. The second-order valence-electron chi connectivity index (χ2n) is 9.17. The van der Waals surface area contributed by atoms with E-state index >= 15 is 0 Å². The maximum Gasteiger partial charge on any atom is 0.242 e. The van der Waals surface area contributed by atoms with Gasteiger partial charge in [-0.3, -0.25) is 13.9 Å². The van der Waals surface area contributed by atoms with Gasteiger partial charge in [-0.25, -0.2) is 12.8 Å². The molecule has 0 saturated carbocycles. The number of anilines is 1. The highest BCUT2D eigenvalue weighted by molar-refractivity contribution is 7.92. The normalized spacial score (nSPS) is 12.3. The molecule has 1 atom stereocenters. The van der Waals surface area contributed by atoms with Crippen molar-refractivity contribution in [3.05, 3.63) is 63.9 Å². The first-order valence-electron chi connectivity index (χ1n) is 12.1. The van der Waals surface area contributed by atoms with Crippen LogP contribution in [0.25, 0.3) is 0 Å². The Kier molecular flexibility index (Phi) is 11.7. The van der Waals surface area contributed by atoms with E-state index in [0.29, 0.717) is 28.6 Å². The zero-order valence-electron chi connectivity index (χ0n) is 21.5. The highest BCUT2D eigenvalue weighted by Gasteiger charge is 2.30. The summed E-state index contributed by atoms with van der Waals surface area (Å²) in [7, 11) is -3.80. The van der Waals surface area contributed by atoms with E-state index in [0.717, 1.165) is 10.6 Å². The molecule has 1 N–H and O–H groups in total. The molecule has 11 heteroatoms. The van der Waals surface area contributed by atoms with Crippen molar-refractivity contribution >= 4 is 50.7 Å². The lowest BCUT2D eigenvalue weighted by Gasteiger charge is -2.32. The number of benzene rings is 2. The molecule has 0 spiro atoms. The van der Waals surface area contributed by atoms with E-state index in [4.69, 9.17) is 23.2 Å². The fourth-order valence-corrected chi connectivity index (χ4v) is 5.32. The van der Waals surface area contributed by atoms with Crippen LogP contribution >= 0.6 is 23.2 Å². The van der Waals surface area contributed by atoms with Crippen molar-refractivity contribution in [3.8, 4) is 0 Å². The minimum absolute atomic E-state index is 0.00799. The van der Waals surface area contributed by atoms with Gasteiger partial charge in [0.15, 0.2) is 0 Å². The number of nitrogens with zero attached hydrogens (tertiary/aromatic N) is 2. The van der Waals surface area contributed by atoms with E-state index in [2.05, 4.69) is 5.32 Å². The number of amides is 2. The molecule has 2 aromatic carbocycles. The van der Waals surface area contributed by atoms with E-state index in [1.807, 2.05) is 13.8 Å². The number of sulfonamides is 1. The minimum atomic E-state index is -3.80. The van der Waals surface area contributed by atoms with Gasteiger partial charge in [-0.1, -0.05) is 62.2 Å². The summed E-state index contributed by atoms with van der Waals surface area (Å²) < 4.78 is 40.0. The van der Waals surface area contributed by atoms with Gasteiger partial charge in [0, 0.05) is 41.7 Å². The first-order valence-corrected chi connectivity index (χ1v) is 14.7. The Morgan fingerprint density at radius 2 is 1.68 bits per heavy atom. The van der Waals surface area contributed by atoms with Crippen LogP contribution in [-0.2, 0) is 26.2 Å². The summed E-state index contributed by atoms with van der Waals surface area (Å²) in [6, 6.07) is 9.78. The van der Waals surface area contributed by atoms with Crippen LogP contribution in [0, 0.1) is 11.7 Å². The molecule has 0 bridgehead atoms. The maximum atomic E-state index is 14.3. The fourth-order valence-electron chi connectivity index (χ4n) is 3.83. The van der Waals surface area contributed by atoms with Gasteiger partial charge in [-0.05, 0) is 43.0 Å². The van der Waals surface area contributed by atoms with Gasteiger partial charge < -0.3 is 10.2 Å². The summed E-state index contributed by atoms with van der Waals surface area (Å²) in [5.74, 6) is -1.12. The summed E-state index contributed by atoms with van der Waals surface area (Å²) in [5, 5.41) is 3.61. The smallest absolute Gasteiger partial charge is 0.242 e. The number of carbonyl (C=O) groups is 2. The largest absolute Gasteiger partial charge is 0.354 e. The van der Waals surface area contributed by atoms with E-state index < -0.39 is 21.9 Å². The second-order valence-corrected chi connectivity index (χ2v) is 11.9. The number of carbonyl (C=O) groups excluding carboxylic acids is 2. The van der Waals surface area contributed by atoms with Crippen molar-refractivity contribution in [2.24, 2.45) is 5.92 Å². The SMILES string of the molecule is CCC(C(=O)NCC(C)C)N(Cc1c(Cl)cccc1Cl)C(=O)CCCN(c1ccccc1F)S(C)(=O)=O. The maximum absolute atomic E-state index is 14.3. The van der Waals surface area contributed by atoms with Gasteiger partial charge in [0.05, 0.1) is 11.9 Å². The van der Waals surface area contributed by atoms with E-state index in [1.165, 1.54) is 23.1 Å². The molecule has 2 aromatic rings. The summed E-state index contributed by atoms with van der Waals surface area (Å²) in [6.45, 7) is 6.10. The quantitative estimate of drug-likeness (QED) is 0.354. The zero-order chi connectivity index (χ0) is 27.8. The predicted molar refractivity (Wildman–Crippen MR) is 147 cm³/mol. The molecule has 0 aliphatic rings. The first-order chi connectivity index (χ1) is 17.4. The number of hydrogen-bond acceptors (Lipinski definition) is 4. The van der Waals surface area contributed by atoms with Crippen LogP contribution in [0.1, 0.15) is 45.6 Å². The van der Waals surface area contributed by atoms with Crippen molar-refractivity contribution < 1.29 is 22.4 Å². The van der Waals surface area contributed by atoms with Gasteiger partial charge >= 0.3 is 0 Å². The van der Waals surface area contributed by atoms with Crippen LogP contribution in [0.3, 0.4) is 0 Å². The number of rotatable bonds is 13. The second kappa shape index (κ2) is 14.0. The van der Waals surface area contributed by atoms with Crippen molar-refractivity contribution in [2.45, 2.75) is 52.6 Å². The summed E-state index contributed by atoms with van der Waals surface area (Å²) in [4.78, 5) is 27.9. The molecule has 37 heavy (non-hydrogen) atoms. The summed E-state index contributed by atoms with van der Waals surface area (Å²) in [5.41, 5.74) is 0.426. The van der Waals surface area contributed by atoms with Crippen LogP contribution in [0.2, 0.25) is 10.0 Å². The molecule has 0 aliphatic heterocycles. The lowest BCUT2D eigenvalue weighted by molar-refractivity contribution is -0.141. The third kappa shape index (κ3) is 8.86. The minimum Gasteiger partial charge on any atom is -0.354 e. The molecular weight excluding hydrogens is 540 g/mol. The molecule has 204 valence electrons. The Bertz CT molecular complexity index is 1170. The van der Waals surface area contributed by atoms with Crippen molar-refractivity contribution in [1.82, 2.24) is 10.2 Å². The highest BCUT2D eigenvalue weighted by Crippen LogP contribution is 2.28. The third-order valence-corrected chi connectivity index (χ3v) is 7.62. The van der Waals surface area contributed by atoms with Crippen LogP contribution in [0.4, 0.5) is 10.1 Å². The standard InChI is InChI=1S/C26H34Cl2FN3O4S/c1-5-23(26(34)30-16-18(2)3)31(17-19-20(27)10-8-11-21(19)28)25(33)14-9-15-32(37(4,35)36)24-13-7-6-12-22(24)29/h6-8,10-13,18,23H,5,9,14-17H2,1-4H3,(H,30,34). The van der Waals surface area contributed by atoms with Crippen LogP contribution in [0.5, 0.6) is 0 Å². The molecule has 0 aliphatic carbocycles. The topological polar surface area (TPSA) is 86.8 Å². The molecule has 2 rings (SSSR count). The molecule has 7 nitrogen and oxygen atoms in total. The Morgan fingerprint density at radius 3 is 2.22 bits per heavy atom. The lowest BCUT2D eigenvalue weighted by Crippen LogP contribution is -2.49. The van der Waals surface area contributed by atoms with Gasteiger partial charge in [0.1, 0.15) is 11.9 Å². The van der Waals surface area contributed by atoms with Crippen molar-refractivity contribution in [1.29, 1.82) is 0 Å². The average Bonchev–Trinajstić information content (AvgIpc) is 2.82. The monoisotopic (exact) mass is 573 g/mol. The highest BCUT2D eigenvalue weighted by atomic mass is 35.5. The Labute approximate surface area is 229 Å². The number of halogens is 3. The predicted octanol–water partition coefficient (Wildman–Crippen LogP) is 5.26. The molecule has 2 amide bonds. The Morgan fingerprint density at radius 1 is 1.05 bits per heavy atom. The molecule has 0 aromatic heterocycles. The first kappa shape index (κ1) is 30.9. The van der Waals surface area contributed by atoms with E-state index in [-0.39, 0.29) is 49.4 Å². The Balaban J connectivity index is 2.28. The van der Waals surface area contributed by atoms with Crippen LogP contribution in [-0.4, -0.2) is 50.5 Å². The lowest BCUT2D eigenvalue weighted by atomic mass is 10.1. The Hall–Kier alpha value is -2.36. The number of para-hydroxylation sites is 1. The molecule has 0 saturated heterocycles. The summed E-state index contributed by atoms with van der Waals surface area (Å²) >= 11 is 12.7. The molecular formula is C26H34Cl2FN3O4S. The van der Waals surface area contributed by atoms with Crippen molar-refractivity contribution in [3.63, 3.8) is 0 Å². The van der Waals surface area contributed by atoms with Gasteiger partial charge in [0.2, 0.25) is 21.8 Å². The van der Waals surface area contributed by atoms with Gasteiger partial charge in [-0.2, -0.15) is 0 Å². The molecule has 0 radical (unpaired) electrons. The van der Waals surface area contributed by atoms with Gasteiger partial charge in [-0.15, -0.1) is 0 Å². The fraction of sp³-hybridized carbons (Fsp3) is 0.462. The van der Waals surface area contributed by atoms with Crippen LogP contribution in [0.15, 0.2) is 42.5 Å². The number of hydrogen-bond donors (Lipinski definition) is 1. The summed E-state index contributed by atoms with van der Waals surface area (Å²) in [6.07, 6.45) is 1.37. The molecule has 0 fully saturated rings. The average molecular weight is 575 g/mol. The van der Waals surface area contributed by atoms with E-state index in [9.17, 15) is 22.4 Å². The molecule has 0 heterocycles. The van der Waals surface area contributed by atoms with Crippen molar-refractivity contribution in [2.75, 3.05) is 23.7 Å².